The summed E-state index contributed by atoms with van der Waals surface area (Å²) < 4.78 is 21.1. The van der Waals surface area contributed by atoms with E-state index < -0.39 is 5.97 Å². The number of hydrogen-bond donors (Lipinski definition) is 1. The van der Waals surface area contributed by atoms with Crippen molar-refractivity contribution in [1.29, 1.82) is 0 Å². The van der Waals surface area contributed by atoms with Gasteiger partial charge in [-0.2, -0.15) is 0 Å². The number of carbonyl (C=O) groups is 2. The number of esters is 1. The van der Waals surface area contributed by atoms with Gasteiger partial charge < -0.3 is 24.3 Å². The molecule has 1 atom stereocenters. The van der Waals surface area contributed by atoms with Gasteiger partial charge in [-0.3, -0.25) is 4.79 Å². The van der Waals surface area contributed by atoms with Gasteiger partial charge in [0.05, 0.1) is 21.3 Å². The van der Waals surface area contributed by atoms with Crippen LogP contribution in [0.3, 0.4) is 0 Å². The molecule has 7 nitrogen and oxygen atoms in total. The Balaban J connectivity index is 1.36. The van der Waals surface area contributed by atoms with Crippen molar-refractivity contribution in [3.05, 3.63) is 17.7 Å². The molecule has 4 aliphatic rings. The molecule has 0 heterocycles. The van der Waals surface area contributed by atoms with E-state index in [-0.39, 0.29) is 29.5 Å². The lowest BCUT2D eigenvalue weighted by Crippen LogP contribution is -2.56. The number of carbonyl (C=O) groups excluding carboxylic acids is 2. The molecule has 0 unspecified atom stereocenters. The Labute approximate surface area is 183 Å². The molecule has 0 saturated heterocycles. The Kier molecular flexibility index (Phi) is 6.04. The molecule has 0 aliphatic heterocycles. The van der Waals surface area contributed by atoms with Gasteiger partial charge in [-0.05, 0) is 68.6 Å². The molecule has 170 valence electrons. The molecule has 0 spiro atoms. The fraction of sp³-hybridized carbons (Fsp3) is 0.667. The molecule has 31 heavy (non-hydrogen) atoms. The monoisotopic (exact) mass is 431 g/mol. The summed E-state index contributed by atoms with van der Waals surface area (Å²) in [5.74, 6) is 2.67. The third-order valence-electron chi connectivity index (χ3n) is 7.64. The van der Waals surface area contributed by atoms with E-state index in [4.69, 9.17) is 18.9 Å². The van der Waals surface area contributed by atoms with E-state index in [1.54, 1.807) is 6.07 Å². The third-order valence-corrected chi connectivity index (χ3v) is 7.64. The minimum atomic E-state index is -0.643. The first-order chi connectivity index (χ1) is 14.9. The van der Waals surface area contributed by atoms with Crippen molar-refractivity contribution >= 4 is 11.9 Å². The van der Waals surface area contributed by atoms with Gasteiger partial charge in [-0.1, -0.05) is 0 Å². The highest BCUT2D eigenvalue weighted by Crippen LogP contribution is 2.61. The second-order valence-electron chi connectivity index (χ2n) is 9.55. The Morgan fingerprint density at radius 1 is 0.935 bits per heavy atom. The first-order valence-corrected chi connectivity index (χ1v) is 11.1. The largest absolute Gasteiger partial charge is 0.496 e. The van der Waals surface area contributed by atoms with Crippen molar-refractivity contribution in [1.82, 2.24) is 5.32 Å². The zero-order chi connectivity index (χ0) is 22.2. The average molecular weight is 432 g/mol. The smallest absolute Gasteiger partial charge is 0.342 e. The highest BCUT2D eigenvalue weighted by molar-refractivity contribution is 5.95. The quantitative estimate of drug-likeness (QED) is 0.634. The van der Waals surface area contributed by atoms with Crippen molar-refractivity contribution in [2.75, 3.05) is 27.9 Å². The number of hydrogen-bond acceptors (Lipinski definition) is 6. The summed E-state index contributed by atoms with van der Waals surface area (Å²) in [5, 5.41) is 3.12. The van der Waals surface area contributed by atoms with Crippen LogP contribution in [0.4, 0.5) is 0 Å². The van der Waals surface area contributed by atoms with Crippen molar-refractivity contribution in [3.8, 4) is 17.2 Å². The molecule has 4 aliphatic carbocycles. The van der Waals surface area contributed by atoms with Crippen LogP contribution in [0.1, 0.15) is 55.8 Å². The lowest BCUT2D eigenvalue weighted by Gasteiger charge is -2.59. The SMILES string of the molecule is COc1cc(OC)c(C(=O)OCC(=O)N[C@H](C)C23CC4CC(CC(C4)C2)C3)cc1OC. The summed E-state index contributed by atoms with van der Waals surface area (Å²) in [6, 6.07) is 3.14. The molecule has 7 heteroatoms. The Bertz CT molecular complexity index is 815. The van der Waals surface area contributed by atoms with Crippen LogP contribution in [-0.2, 0) is 9.53 Å². The maximum atomic E-state index is 12.6. The van der Waals surface area contributed by atoms with E-state index in [1.807, 2.05) is 0 Å². The molecule has 0 radical (unpaired) electrons. The van der Waals surface area contributed by atoms with Gasteiger partial charge >= 0.3 is 5.97 Å². The van der Waals surface area contributed by atoms with E-state index in [2.05, 4.69) is 12.2 Å². The van der Waals surface area contributed by atoms with E-state index in [1.165, 1.54) is 65.9 Å². The predicted molar refractivity (Wildman–Crippen MR) is 115 cm³/mol. The van der Waals surface area contributed by atoms with Gasteiger partial charge in [0.1, 0.15) is 11.3 Å². The summed E-state index contributed by atoms with van der Waals surface area (Å²) in [6.45, 7) is 1.79. The molecule has 1 N–H and O–H groups in total. The van der Waals surface area contributed by atoms with E-state index in [9.17, 15) is 9.59 Å². The van der Waals surface area contributed by atoms with E-state index >= 15 is 0 Å². The Morgan fingerprint density at radius 2 is 1.45 bits per heavy atom. The second-order valence-corrected chi connectivity index (χ2v) is 9.55. The molecule has 5 rings (SSSR count). The molecule has 4 saturated carbocycles. The fourth-order valence-corrected chi connectivity index (χ4v) is 6.54. The molecular formula is C24H33NO6. The summed E-state index contributed by atoms with van der Waals surface area (Å²) in [6.07, 6.45) is 7.73. The minimum absolute atomic E-state index is 0.0859. The van der Waals surface area contributed by atoms with Crippen LogP contribution in [0.25, 0.3) is 0 Å². The number of methoxy groups -OCH3 is 3. The second kappa shape index (κ2) is 8.60. The van der Waals surface area contributed by atoms with Crippen LogP contribution in [-0.4, -0.2) is 45.9 Å². The van der Waals surface area contributed by atoms with Crippen molar-refractivity contribution in [2.24, 2.45) is 23.2 Å². The number of ether oxygens (including phenoxy) is 4. The predicted octanol–water partition coefficient (Wildman–Crippen LogP) is 3.59. The summed E-state index contributed by atoms with van der Waals surface area (Å²) in [5.41, 5.74) is 0.392. The highest BCUT2D eigenvalue weighted by Gasteiger charge is 2.53. The molecule has 1 amide bonds. The van der Waals surface area contributed by atoms with Crippen LogP contribution in [0.5, 0.6) is 17.2 Å². The number of amides is 1. The van der Waals surface area contributed by atoms with E-state index in [0.717, 1.165) is 17.8 Å². The average Bonchev–Trinajstić information content (AvgIpc) is 2.75. The van der Waals surface area contributed by atoms with Crippen molar-refractivity contribution < 1.29 is 28.5 Å². The molecule has 4 bridgehead atoms. The van der Waals surface area contributed by atoms with Crippen molar-refractivity contribution in [3.63, 3.8) is 0 Å². The molecule has 0 aromatic heterocycles. The van der Waals surface area contributed by atoms with Crippen LogP contribution in [0, 0.1) is 23.2 Å². The standard InChI is InChI=1S/C24H33NO6/c1-14(24-10-15-5-16(11-24)7-17(6-15)12-24)25-22(26)13-31-23(27)18-8-20(29-3)21(30-4)9-19(18)28-2/h8-9,14-17H,5-7,10-13H2,1-4H3,(H,25,26)/t14-,15?,16?,17?,24?/m1/s1. The number of nitrogens with one attached hydrogen (secondary N) is 1. The Hall–Kier alpha value is -2.44. The molecular weight excluding hydrogens is 398 g/mol. The van der Waals surface area contributed by atoms with Crippen molar-refractivity contribution in [2.45, 2.75) is 51.5 Å². The van der Waals surface area contributed by atoms with Gasteiger partial charge in [-0.15, -0.1) is 0 Å². The summed E-state index contributed by atoms with van der Waals surface area (Å²) in [4.78, 5) is 25.2. The lowest BCUT2D eigenvalue weighted by atomic mass is 9.48. The van der Waals surface area contributed by atoms with Crippen LogP contribution < -0.4 is 19.5 Å². The van der Waals surface area contributed by atoms with Crippen LogP contribution in [0.15, 0.2) is 12.1 Å². The molecule has 1 aromatic rings. The van der Waals surface area contributed by atoms with Gasteiger partial charge in [0.2, 0.25) is 0 Å². The Morgan fingerprint density at radius 3 is 1.97 bits per heavy atom. The first kappa shape index (κ1) is 21.8. The van der Waals surface area contributed by atoms with E-state index in [0.29, 0.717) is 17.2 Å². The minimum Gasteiger partial charge on any atom is -0.496 e. The molecule has 4 fully saturated rings. The van der Waals surface area contributed by atoms with Gasteiger partial charge in [0.15, 0.2) is 18.1 Å². The van der Waals surface area contributed by atoms with Crippen LogP contribution in [0.2, 0.25) is 0 Å². The van der Waals surface area contributed by atoms with Gasteiger partial charge in [-0.25, -0.2) is 4.79 Å². The lowest BCUT2D eigenvalue weighted by molar-refractivity contribution is -0.128. The normalized spacial score (nSPS) is 29.2. The molecule has 1 aromatic carbocycles. The van der Waals surface area contributed by atoms with Crippen LogP contribution >= 0.6 is 0 Å². The number of benzene rings is 1. The third kappa shape index (κ3) is 4.19. The van der Waals surface area contributed by atoms with Gasteiger partial charge in [0, 0.05) is 18.2 Å². The van der Waals surface area contributed by atoms with Gasteiger partial charge in [0.25, 0.3) is 5.91 Å². The number of rotatable bonds is 8. The maximum absolute atomic E-state index is 12.6. The first-order valence-electron chi connectivity index (χ1n) is 11.1. The highest BCUT2D eigenvalue weighted by atomic mass is 16.5. The zero-order valence-corrected chi connectivity index (χ0v) is 18.9. The fourth-order valence-electron chi connectivity index (χ4n) is 6.54. The maximum Gasteiger partial charge on any atom is 0.342 e. The topological polar surface area (TPSA) is 83.1 Å². The zero-order valence-electron chi connectivity index (χ0n) is 18.9. The summed E-state index contributed by atoms with van der Waals surface area (Å²) in [7, 11) is 4.45. The summed E-state index contributed by atoms with van der Waals surface area (Å²) >= 11 is 0.